The van der Waals surface area contributed by atoms with E-state index in [2.05, 4.69) is 15.3 Å². The third-order valence-electron chi connectivity index (χ3n) is 5.07. The summed E-state index contributed by atoms with van der Waals surface area (Å²) in [7, 11) is -4.08. The van der Waals surface area contributed by atoms with Crippen LogP contribution in [0.2, 0.25) is 0 Å². The second-order valence-electron chi connectivity index (χ2n) is 7.46. The SMILES string of the molecule is CCCCCCCCCCCCCCC(C)(OCC)C1(O)OS(=O)(=O)O1. The summed E-state index contributed by atoms with van der Waals surface area (Å²) < 4.78 is 36.8. The van der Waals surface area contributed by atoms with Crippen molar-refractivity contribution in [1.82, 2.24) is 0 Å². The van der Waals surface area contributed by atoms with Crippen LogP contribution in [-0.2, 0) is 23.5 Å². The molecule has 0 spiro atoms. The van der Waals surface area contributed by atoms with Crippen LogP contribution in [-0.4, -0.2) is 31.7 Å². The molecule has 0 aromatic carbocycles. The van der Waals surface area contributed by atoms with E-state index in [1.54, 1.807) is 13.8 Å². The van der Waals surface area contributed by atoms with Gasteiger partial charge in [-0.25, -0.2) is 0 Å². The smallest absolute Gasteiger partial charge is 0.367 e. The first kappa shape index (κ1) is 23.8. The Labute approximate surface area is 159 Å². The molecule has 1 heterocycles. The van der Waals surface area contributed by atoms with E-state index >= 15 is 0 Å². The molecule has 1 fully saturated rings. The zero-order chi connectivity index (χ0) is 19.5. The predicted molar refractivity (Wildman–Crippen MR) is 102 cm³/mol. The highest BCUT2D eigenvalue weighted by Crippen LogP contribution is 2.42. The summed E-state index contributed by atoms with van der Waals surface area (Å²) in [6, 6.07) is 0. The fourth-order valence-corrected chi connectivity index (χ4v) is 4.32. The van der Waals surface area contributed by atoms with Crippen LogP contribution < -0.4 is 0 Å². The summed E-state index contributed by atoms with van der Waals surface area (Å²) in [5.74, 6) is -2.21. The summed E-state index contributed by atoms with van der Waals surface area (Å²) in [5.41, 5.74) is -1.19. The van der Waals surface area contributed by atoms with Gasteiger partial charge in [-0.3, -0.25) is 0 Å². The van der Waals surface area contributed by atoms with Crippen LogP contribution in [0.15, 0.2) is 0 Å². The number of ether oxygens (including phenoxy) is 1. The average Bonchev–Trinajstić information content (AvgIpc) is 2.54. The van der Waals surface area contributed by atoms with Crippen molar-refractivity contribution >= 4 is 10.4 Å². The Hall–Kier alpha value is -0.210. The van der Waals surface area contributed by atoms with Gasteiger partial charge in [0.05, 0.1) is 0 Å². The quantitative estimate of drug-likeness (QED) is 0.378. The van der Waals surface area contributed by atoms with Crippen molar-refractivity contribution in [1.29, 1.82) is 0 Å². The van der Waals surface area contributed by atoms with E-state index in [1.807, 2.05) is 0 Å². The molecular formula is C19H38O6S. The molecule has 1 rings (SSSR count). The van der Waals surface area contributed by atoms with Gasteiger partial charge in [-0.05, 0) is 20.3 Å². The van der Waals surface area contributed by atoms with E-state index < -0.39 is 22.0 Å². The predicted octanol–water partition coefficient (Wildman–Crippen LogP) is 4.81. The Kier molecular flexibility index (Phi) is 10.6. The topological polar surface area (TPSA) is 82.1 Å². The van der Waals surface area contributed by atoms with Gasteiger partial charge in [0.25, 0.3) is 0 Å². The average molecular weight is 395 g/mol. The molecule has 0 amide bonds. The Bertz CT molecular complexity index is 466. The summed E-state index contributed by atoms with van der Waals surface area (Å²) in [6.45, 7) is 6.00. The van der Waals surface area contributed by atoms with Crippen molar-refractivity contribution in [2.45, 2.75) is 116 Å². The molecule has 1 aliphatic heterocycles. The zero-order valence-corrected chi connectivity index (χ0v) is 17.6. The monoisotopic (exact) mass is 394 g/mol. The molecule has 0 radical (unpaired) electrons. The Balaban J connectivity index is 2.11. The molecule has 1 N–H and O–H groups in total. The van der Waals surface area contributed by atoms with Gasteiger partial charge < -0.3 is 9.84 Å². The summed E-state index contributed by atoms with van der Waals surface area (Å²) in [4.78, 5) is 0. The van der Waals surface area contributed by atoms with Gasteiger partial charge in [0.1, 0.15) is 5.60 Å². The highest BCUT2D eigenvalue weighted by molar-refractivity contribution is 7.82. The first-order valence-corrected chi connectivity index (χ1v) is 11.6. The summed E-state index contributed by atoms with van der Waals surface area (Å²) >= 11 is 0. The van der Waals surface area contributed by atoms with E-state index in [-0.39, 0.29) is 0 Å². The van der Waals surface area contributed by atoms with Crippen LogP contribution in [0.3, 0.4) is 0 Å². The number of unbranched alkanes of at least 4 members (excludes halogenated alkanes) is 11. The van der Waals surface area contributed by atoms with Crippen molar-refractivity contribution in [3.05, 3.63) is 0 Å². The van der Waals surface area contributed by atoms with Crippen molar-refractivity contribution in [3.8, 4) is 0 Å². The normalized spacial score (nSPS) is 20.5. The van der Waals surface area contributed by atoms with Crippen molar-refractivity contribution in [3.63, 3.8) is 0 Å². The highest BCUT2D eigenvalue weighted by Gasteiger charge is 2.64. The van der Waals surface area contributed by atoms with E-state index in [9.17, 15) is 13.5 Å². The molecule has 0 bridgehead atoms. The van der Waals surface area contributed by atoms with Gasteiger partial charge in [0.2, 0.25) is 0 Å². The van der Waals surface area contributed by atoms with Crippen LogP contribution in [0.5, 0.6) is 0 Å². The van der Waals surface area contributed by atoms with Gasteiger partial charge in [-0.2, -0.15) is 16.8 Å². The van der Waals surface area contributed by atoms with Crippen molar-refractivity contribution in [2.24, 2.45) is 0 Å². The van der Waals surface area contributed by atoms with Crippen molar-refractivity contribution in [2.75, 3.05) is 6.61 Å². The molecule has 0 aromatic heterocycles. The number of aliphatic hydroxyl groups is 1. The maximum Gasteiger partial charge on any atom is 0.409 e. The lowest BCUT2D eigenvalue weighted by atomic mass is 9.94. The third kappa shape index (κ3) is 7.80. The largest absolute Gasteiger partial charge is 0.409 e. The van der Waals surface area contributed by atoms with E-state index in [4.69, 9.17) is 4.74 Å². The Morgan fingerprint density at radius 3 is 1.65 bits per heavy atom. The first-order valence-electron chi connectivity index (χ1n) is 10.3. The second kappa shape index (κ2) is 11.6. The van der Waals surface area contributed by atoms with Crippen molar-refractivity contribution < 1.29 is 26.6 Å². The Morgan fingerprint density at radius 2 is 1.27 bits per heavy atom. The molecule has 1 atom stereocenters. The fraction of sp³-hybridized carbons (Fsp3) is 1.00. The molecule has 0 saturated carbocycles. The molecule has 7 heteroatoms. The van der Waals surface area contributed by atoms with E-state index in [0.717, 1.165) is 19.3 Å². The summed E-state index contributed by atoms with van der Waals surface area (Å²) in [6.07, 6.45) is 15.3. The lowest BCUT2D eigenvalue weighted by Crippen LogP contribution is -2.65. The zero-order valence-electron chi connectivity index (χ0n) is 16.8. The molecule has 1 unspecified atom stereocenters. The minimum absolute atomic E-state index is 0.337. The van der Waals surface area contributed by atoms with Crippen LogP contribution in [0.25, 0.3) is 0 Å². The molecule has 156 valence electrons. The molecule has 6 nitrogen and oxygen atoms in total. The molecule has 0 aliphatic carbocycles. The lowest BCUT2D eigenvalue weighted by Gasteiger charge is -2.46. The van der Waals surface area contributed by atoms with Gasteiger partial charge in [-0.1, -0.05) is 84.0 Å². The second-order valence-corrected chi connectivity index (χ2v) is 8.61. The maximum absolute atomic E-state index is 11.1. The molecule has 1 saturated heterocycles. The van der Waals surface area contributed by atoms with Crippen LogP contribution in [0.4, 0.5) is 0 Å². The minimum atomic E-state index is -4.08. The van der Waals surface area contributed by atoms with Gasteiger partial charge >= 0.3 is 16.4 Å². The molecule has 0 aromatic rings. The highest BCUT2D eigenvalue weighted by atomic mass is 32.3. The lowest BCUT2D eigenvalue weighted by molar-refractivity contribution is -0.404. The van der Waals surface area contributed by atoms with E-state index in [0.29, 0.717) is 13.0 Å². The van der Waals surface area contributed by atoms with Crippen LogP contribution in [0.1, 0.15) is 104 Å². The molecular weight excluding hydrogens is 356 g/mol. The van der Waals surface area contributed by atoms with Gasteiger partial charge in [-0.15, -0.1) is 0 Å². The number of rotatable bonds is 16. The van der Waals surface area contributed by atoms with E-state index in [1.165, 1.54) is 57.8 Å². The van der Waals surface area contributed by atoms with Gasteiger partial charge in [0, 0.05) is 6.61 Å². The number of hydrogen-bond acceptors (Lipinski definition) is 6. The molecule has 26 heavy (non-hydrogen) atoms. The maximum atomic E-state index is 11.1. The van der Waals surface area contributed by atoms with Gasteiger partial charge in [0.15, 0.2) is 0 Å². The third-order valence-corrected chi connectivity index (χ3v) is 5.93. The van der Waals surface area contributed by atoms with Crippen LogP contribution in [0, 0.1) is 0 Å². The minimum Gasteiger partial charge on any atom is -0.367 e. The molecule has 1 aliphatic rings. The first-order chi connectivity index (χ1) is 12.3. The fourth-order valence-electron chi connectivity index (χ4n) is 3.40. The summed E-state index contributed by atoms with van der Waals surface area (Å²) in [5, 5.41) is 10.2. The van der Waals surface area contributed by atoms with Crippen LogP contribution >= 0.6 is 0 Å². The Morgan fingerprint density at radius 1 is 0.846 bits per heavy atom. The standard InChI is InChI=1S/C19H38O6S/c1-4-6-7-8-9-10-11-12-13-14-15-16-17-18(3,23-5-2)19(20)24-26(21,22)25-19/h20H,4-17H2,1-3H3. The number of hydrogen-bond donors (Lipinski definition) is 1.